The summed E-state index contributed by atoms with van der Waals surface area (Å²) in [5.74, 6) is -0.0229. The highest BCUT2D eigenvalue weighted by molar-refractivity contribution is 5.98. The Kier molecular flexibility index (Phi) is 6.84. The van der Waals surface area contributed by atoms with Gasteiger partial charge in [-0.3, -0.25) is 9.59 Å². The smallest absolute Gasteiger partial charge is 0.253 e. The van der Waals surface area contributed by atoms with E-state index in [9.17, 15) is 9.59 Å². The number of halogens is 1. The van der Waals surface area contributed by atoms with Gasteiger partial charge in [-0.05, 0) is 44.0 Å². The molecule has 122 valence electrons. The zero-order chi connectivity index (χ0) is 15.4. The molecule has 0 saturated carbocycles. The number of carbonyl (C=O) groups is 2. The lowest BCUT2D eigenvalue weighted by Crippen LogP contribution is -2.37. The average Bonchev–Trinajstić information content (AvgIpc) is 2.49. The molecular formula is C16H24ClN3O2. The van der Waals surface area contributed by atoms with Crippen molar-refractivity contribution in [3.05, 3.63) is 29.3 Å². The van der Waals surface area contributed by atoms with Crippen molar-refractivity contribution in [1.29, 1.82) is 0 Å². The first-order valence-electron chi connectivity index (χ1n) is 7.33. The van der Waals surface area contributed by atoms with Gasteiger partial charge in [0.15, 0.2) is 0 Å². The monoisotopic (exact) mass is 325 g/mol. The predicted octanol–water partition coefficient (Wildman–Crippen LogP) is 2.06. The summed E-state index contributed by atoms with van der Waals surface area (Å²) in [6.07, 6.45) is 1.94. The third-order valence-corrected chi connectivity index (χ3v) is 3.81. The van der Waals surface area contributed by atoms with Crippen molar-refractivity contribution in [2.75, 3.05) is 32.5 Å². The molecule has 0 aliphatic carbocycles. The largest absolute Gasteiger partial charge is 0.345 e. The molecule has 1 aliphatic heterocycles. The summed E-state index contributed by atoms with van der Waals surface area (Å²) in [6, 6.07) is 5.47. The minimum absolute atomic E-state index is 0. The lowest BCUT2D eigenvalue weighted by Gasteiger charge is -2.22. The average molecular weight is 326 g/mol. The second-order valence-corrected chi connectivity index (χ2v) is 5.76. The van der Waals surface area contributed by atoms with Crippen molar-refractivity contribution in [2.45, 2.75) is 19.8 Å². The Balaban J connectivity index is 0.00000242. The molecule has 1 aliphatic rings. The molecule has 1 heterocycles. The summed E-state index contributed by atoms with van der Waals surface area (Å²) in [7, 11) is 3.45. The van der Waals surface area contributed by atoms with Crippen LogP contribution in [0.4, 0.5) is 5.69 Å². The molecule has 2 rings (SSSR count). The Morgan fingerprint density at radius 3 is 2.64 bits per heavy atom. The quantitative estimate of drug-likeness (QED) is 0.894. The maximum atomic E-state index is 12.2. The number of hydrogen-bond donors (Lipinski definition) is 2. The zero-order valence-electron chi connectivity index (χ0n) is 13.3. The molecule has 1 atom stereocenters. The number of benzene rings is 1. The molecule has 1 saturated heterocycles. The van der Waals surface area contributed by atoms with Gasteiger partial charge in [-0.2, -0.15) is 0 Å². The van der Waals surface area contributed by atoms with Gasteiger partial charge in [0.25, 0.3) is 5.91 Å². The number of hydrogen-bond acceptors (Lipinski definition) is 3. The number of anilines is 1. The first-order chi connectivity index (χ1) is 9.99. The van der Waals surface area contributed by atoms with Crippen molar-refractivity contribution in [3.8, 4) is 0 Å². The standard InChI is InChI=1S/C16H23N3O2.ClH/c1-11-6-7-13(9-14(11)16(21)19(2)3)18-15(20)12-5-4-8-17-10-12;/h6-7,9,12,17H,4-5,8,10H2,1-3H3,(H,18,20);1H. The predicted molar refractivity (Wildman–Crippen MR) is 90.7 cm³/mol. The summed E-state index contributed by atoms with van der Waals surface area (Å²) in [6.45, 7) is 3.60. The number of nitrogens with one attached hydrogen (secondary N) is 2. The molecule has 1 aromatic carbocycles. The van der Waals surface area contributed by atoms with Crippen molar-refractivity contribution in [3.63, 3.8) is 0 Å². The number of amides is 2. The van der Waals surface area contributed by atoms with Gasteiger partial charge < -0.3 is 15.5 Å². The fourth-order valence-electron chi connectivity index (χ4n) is 2.49. The highest BCUT2D eigenvalue weighted by Crippen LogP contribution is 2.19. The Hall–Kier alpha value is -1.59. The molecular weight excluding hydrogens is 302 g/mol. The van der Waals surface area contributed by atoms with E-state index in [4.69, 9.17) is 0 Å². The number of aryl methyl sites for hydroxylation is 1. The lowest BCUT2D eigenvalue weighted by molar-refractivity contribution is -0.120. The molecule has 1 aromatic rings. The highest BCUT2D eigenvalue weighted by atomic mass is 35.5. The van der Waals surface area contributed by atoms with Gasteiger partial charge in [0.05, 0.1) is 5.92 Å². The van der Waals surface area contributed by atoms with Gasteiger partial charge in [0.2, 0.25) is 5.91 Å². The Bertz CT molecular complexity index is 540. The third-order valence-electron chi connectivity index (χ3n) is 3.81. The highest BCUT2D eigenvalue weighted by Gasteiger charge is 2.21. The lowest BCUT2D eigenvalue weighted by atomic mass is 9.98. The Morgan fingerprint density at radius 1 is 1.32 bits per heavy atom. The van der Waals surface area contributed by atoms with E-state index in [-0.39, 0.29) is 30.1 Å². The summed E-state index contributed by atoms with van der Waals surface area (Å²) < 4.78 is 0. The number of rotatable bonds is 3. The van der Waals surface area contributed by atoms with Gasteiger partial charge in [-0.25, -0.2) is 0 Å². The van der Waals surface area contributed by atoms with Crippen LogP contribution in [0.15, 0.2) is 18.2 Å². The molecule has 0 spiro atoms. The molecule has 0 aromatic heterocycles. The van der Waals surface area contributed by atoms with Crippen LogP contribution in [0.2, 0.25) is 0 Å². The van der Waals surface area contributed by atoms with Crippen LogP contribution >= 0.6 is 12.4 Å². The van der Waals surface area contributed by atoms with Crippen LogP contribution in [0.1, 0.15) is 28.8 Å². The first kappa shape index (κ1) is 18.5. The van der Waals surface area contributed by atoms with E-state index in [1.807, 2.05) is 19.1 Å². The maximum absolute atomic E-state index is 12.2. The minimum Gasteiger partial charge on any atom is -0.345 e. The number of nitrogens with zero attached hydrogens (tertiary/aromatic N) is 1. The first-order valence-corrected chi connectivity index (χ1v) is 7.33. The van der Waals surface area contributed by atoms with Gasteiger partial charge in [-0.1, -0.05) is 6.07 Å². The maximum Gasteiger partial charge on any atom is 0.253 e. The van der Waals surface area contributed by atoms with E-state index in [1.165, 1.54) is 0 Å². The van der Waals surface area contributed by atoms with E-state index >= 15 is 0 Å². The fourth-order valence-corrected chi connectivity index (χ4v) is 2.49. The van der Waals surface area contributed by atoms with E-state index in [0.29, 0.717) is 11.3 Å². The van der Waals surface area contributed by atoms with Gasteiger partial charge in [0, 0.05) is 31.9 Å². The molecule has 0 bridgehead atoms. The molecule has 0 radical (unpaired) electrons. The van der Waals surface area contributed by atoms with Crippen LogP contribution in [0.3, 0.4) is 0 Å². The van der Waals surface area contributed by atoms with Crippen LogP contribution < -0.4 is 10.6 Å². The summed E-state index contributed by atoms with van der Waals surface area (Å²) in [4.78, 5) is 25.9. The summed E-state index contributed by atoms with van der Waals surface area (Å²) in [5, 5.41) is 6.16. The van der Waals surface area contributed by atoms with Crippen molar-refractivity contribution in [2.24, 2.45) is 5.92 Å². The van der Waals surface area contributed by atoms with Crippen molar-refractivity contribution >= 4 is 29.9 Å². The molecule has 6 heteroatoms. The van der Waals surface area contributed by atoms with E-state index in [2.05, 4.69) is 10.6 Å². The van der Waals surface area contributed by atoms with E-state index < -0.39 is 0 Å². The SMILES string of the molecule is Cc1ccc(NC(=O)C2CCCNC2)cc1C(=O)N(C)C.Cl. The van der Waals surface area contributed by atoms with Gasteiger partial charge in [0.1, 0.15) is 0 Å². The number of carbonyl (C=O) groups excluding carboxylic acids is 2. The molecule has 1 fully saturated rings. The second-order valence-electron chi connectivity index (χ2n) is 5.76. The molecule has 1 unspecified atom stereocenters. The zero-order valence-corrected chi connectivity index (χ0v) is 14.1. The third kappa shape index (κ3) is 4.45. The summed E-state index contributed by atoms with van der Waals surface area (Å²) in [5.41, 5.74) is 2.21. The van der Waals surface area contributed by atoms with Crippen molar-refractivity contribution < 1.29 is 9.59 Å². The van der Waals surface area contributed by atoms with Crippen LogP contribution in [0.25, 0.3) is 0 Å². The molecule has 2 N–H and O–H groups in total. The van der Waals surface area contributed by atoms with Crippen LogP contribution in [-0.4, -0.2) is 43.9 Å². The second kappa shape index (κ2) is 8.15. The van der Waals surface area contributed by atoms with E-state index in [1.54, 1.807) is 25.1 Å². The molecule has 22 heavy (non-hydrogen) atoms. The fraction of sp³-hybridized carbons (Fsp3) is 0.500. The molecule has 5 nitrogen and oxygen atoms in total. The normalized spacial score (nSPS) is 17.3. The molecule has 2 amide bonds. The minimum atomic E-state index is -0.0528. The van der Waals surface area contributed by atoms with Crippen LogP contribution in [-0.2, 0) is 4.79 Å². The Morgan fingerprint density at radius 2 is 2.05 bits per heavy atom. The Labute approximate surface area is 137 Å². The van der Waals surface area contributed by atoms with Gasteiger partial charge in [-0.15, -0.1) is 12.4 Å². The van der Waals surface area contributed by atoms with Crippen LogP contribution in [0, 0.1) is 12.8 Å². The van der Waals surface area contributed by atoms with Crippen LogP contribution in [0.5, 0.6) is 0 Å². The van der Waals surface area contributed by atoms with Crippen molar-refractivity contribution in [1.82, 2.24) is 10.2 Å². The van der Waals surface area contributed by atoms with E-state index in [0.717, 1.165) is 31.5 Å². The number of piperidine rings is 1. The summed E-state index contributed by atoms with van der Waals surface area (Å²) >= 11 is 0. The van der Waals surface area contributed by atoms with Gasteiger partial charge >= 0.3 is 0 Å². The topological polar surface area (TPSA) is 61.4 Å².